The van der Waals surface area contributed by atoms with Crippen LogP contribution in [0.25, 0.3) is 0 Å². The highest BCUT2D eigenvalue weighted by molar-refractivity contribution is 7.11. The van der Waals surface area contributed by atoms with Crippen molar-refractivity contribution in [1.29, 1.82) is 0 Å². The lowest BCUT2D eigenvalue weighted by Crippen LogP contribution is -2.49. The van der Waals surface area contributed by atoms with Gasteiger partial charge in [0.25, 0.3) is 5.91 Å². The monoisotopic (exact) mass is 239 g/mol. The Labute approximate surface area is 99.3 Å². The number of hydrogen-bond acceptors (Lipinski definition) is 4. The van der Waals surface area contributed by atoms with Gasteiger partial charge < -0.3 is 11.1 Å². The minimum absolute atomic E-state index is 0.0256. The Kier molecular flexibility index (Phi) is 3.56. The summed E-state index contributed by atoms with van der Waals surface area (Å²) in [6.07, 6.45) is 4.32. The molecule has 1 amide bonds. The molecule has 0 spiro atoms. The van der Waals surface area contributed by atoms with E-state index in [0.29, 0.717) is 4.88 Å². The minimum Gasteiger partial charge on any atom is -0.347 e. The van der Waals surface area contributed by atoms with Crippen LogP contribution in [0.3, 0.4) is 0 Å². The summed E-state index contributed by atoms with van der Waals surface area (Å²) < 4.78 is 0. The van der Waals surface area contributed by atoms with Crippen LogP contribution >= 0.6 is 11.3 Å². The molecular formula is C11H17N3OS. The summed E-state index contributed by atoms with van der Waals surface area (Å²) in [5.41, 5.74) is 8.49. The largest absolute Gasteiger partial charge is 0.347 e. The van der Waals surface area contributed by atoms with Gasteiger partial charge in [0, 0.05) is 12.1 Å². The second-order valence-electron chi connectivity index (χ2n) is 4.30. The van der Waals surface area contributed by atoms with Crippen LogP contribution in [-0.4, -0.2) is 23.0 Å². The molecule has 1 heterocycles. The standard InChI is InChI=1S/C11H17N3OS/c1-7-10(16-6-13-7)11(15)14-9-5-3-2-4-8(9)12/h6,8-9H,2-5,12H2,1H3,(H,14,15). The maximum atomic E-state index is 11.9. The fraction of sp³-hybridized carbons (Fsp3) is 0.636. The average Bonchev–Trinajstić information content (AvgIpc) is 2.68. The van der Waals surface area contributed by atoms with E-state index in [1.54, 1.807) is 5.51 Å². The summed E-state index contributed by atoms with van der Waals surface area (Å²) in [7, 11) is 0. The molecule has 5 heteroatoms. The van der Waals surface area contributed by atoms with Crippen molar-refractivity contribution in [3.63, 3.8) is 0 Å². The lowest BCUT2D eigenvalue weighted by molar-refractivity contribution is 0.0924. The van der Waals surface area contributed by atoms with E-state index in [4.69, 9.17) is 5.73 Å². The molecule has 2 rings (SSSR count). The molecule has 1 aromatic heterocycles. The third-order valence-corrected chi connectivity index (χ3v) is 4.01. The van der Waals surface area contributed by atoms with E-state index < -0.39 is 0 Å². The second-order valence-corrected chi connectivity index (χ2v) is 5.15. The molecule has 1 aromatic rings. The van der Waals surface area contributed by atoms with Crippen molar-refractivity contribution in [2.45, 2.75) is 44.7 Å². The number of aromatic nitrogens is 1. The number of hydrogen-bond donors (Lipinski definition) is 2. The van der Waals surface area contributed by atoms with Gasteiger partial charge in [0.15, 0.2) is 0 Å². The first kappa shape index (κ1) is 11.5. The van der Waals surface area contributed by atoms with Crippen molar-refractivity contribution in [3.8, 4) is 0 Å². The number of nitrogens with zero attached hydrogens (tertiary/aromatic N) is 1. The van der Waals surface area contributed by atoms with Crippen molar-refractivity contribution in [2.75, 3.05) is 0 Å². The number of rotatable bonds is 2. The topological polar surface area (TPSA) is 68.0 Å². The van der Waals surface area contributed by atoms with Crippen LogP contribution in [0.15, 0.2) is 5.51 Å². The first-order valence-electron chi connectivity index (χ1n) is 5.65. The molecule has 1 fully saturated rings. The fourth-order valence-electron chi connectivity index (χ4n) is 2.09. The normalized spacial score (nSPS) is 25.4. The fourth-order valence-corrected chi connectivity index (χ4v) is 2.80. The Morgan fingerprint density at radius 2 is 2.31 bits per heavy atom. The highest BCUT2D eigenvalue weighted by Gasteiger charge is 2.24. The van der Waals surface area contributed by atoms with E-state index in [1.807, 2.05) is 6.92 Å². The zero-order chi connectivity index (χ0) is 11.5. The lowest BCUT2D eigenvalue weighted by Gasteiger charge is -2.29. The molecule has 0 aromatic carbocycles. The number of nitrogens with two attached hydrogens (primary N) is 1. The Hall–Kier alpha value is -0.940. The van der Waals surface area contributed by atoms with E-state index in [-0.39, 0.29) is 18.0 Å². The molecule has 4 nitrogen and oxygen atoms in total. The lowest BCUT2D eigenvalue weighted by atomic mass is 9.91. The highest BCUT2D eigenvalue weighted by Crippen LogP contribution is 2.18. The average molecular weight is 239 g/mol. The molecule has 0 radical (unpaired) electrons. The Morgan fingerprint density at radius 3 is 2.94 bits per heavy atom. The Bertz CT molecular complexity index is 377. The van der Waals surface area contributed by atoms with Crippen molar-refractivity contribution in [2.24, 2.45) is 5.73 Å². The Balaban J connectivity index is 1.99. The molecule has 2 unspecified atom stereocenters. The summed E-state index contributed by atoms with van der Waals surface area (Å²) in [4.78, 5) is 16.7. The molecular weight excluding hydrogens is 222 g/mol. The molecule has 3 N–H and O–H groups in total. The quantitative estimate of drug-likeness (QED) is 0.821. The minimum atomic E-state index is -0.0256. The van der Waals surface area contributed by atoms with Gasteiger partial charge in [-0.15, -0.1) is 11.3 Å². The van der Waals surface area contributed by atoms with Crippen molar-refractivity contribution >= 4 is 17.2 Å². The second kappa shape index (κ2) is 4.93. The molecule has 0 bridgehead atoms. The number of carbonyl (C=O) groups is 1. The van der Waals surface area contributed by atoms with Gasteiger partial charge in [0.05, 0.1) is 11.2 Å². The molecule has 0 aliphatic heterocycles. The zero-order valence-corrected chi connectivity index (χ0v) is 10.2. The first-order chi connectivity index (χ1) is 7.68. The number of thiazole rings is 1. The molecule has 1 saturated carbocycles. The van der Waals surface area contributed by atoms with Gasteiger partial charge in [0.2, 0.25) is 0 Å². The maximum Gasteiger partial charge on any atom is 0.263 e. The summed E-state index contributed by atoms with van der Waals surface area (Å²) in [5.74, 6) is -0.0256. The SMILES string of the molecule is Cc1ncsc1C(=O)NC1CCCCC1N. The van der Waals surface area contributed by atoms with Crippen LogP contribution in [0.2, 0.25) is 0 Å². The van der Waals surface area contributed by atoms with Crippen LogP contribution < -0.4 is 11.1 Å². The van der Waals surface area contributed by atoms with Crippen LogP contribution in [-0.2, 0) is 0 Å². The molecule has 1 aliphatic rings. The molecule has 16 heavy (non-hydrogen) atoms. The van der Waals surface area contributed by atoms with Crippen LogP contribution in [0.4, 0.5) is 0 Å². The third-order valence-electron chi connectivity index (χ3n) is 3.09. The van der Waals surface area contributed by atoms with Gasteiger partial charge in [0.1, 0.15) is 4.88 Å². The number of nitrogens with one attached hydrogen (secondary N) is 1. The van der Waals surface area contributed by atoms with Crippen LogP contribution in [0.1, 0.15) is 41.0 Å². The smallest absolute Gasteiger partial charge is 0.263 e. The molecule has 1 aliphatic carbocycles. The van der Waals surface area contributed by atoms with Gasteiger partial charge in [-0.05, 0) is 19.8 Å². The predicted octanol–water partition coefficient (Wildman–Crippen LogP) is 1.45. The van der Waals surface area contributed by atoms with Crippen molar-refractivity contribution in [3.05, 3.63) is 16.1 Å². The highest BCUT2D eigenvalue weighted by atomic mass is 32.1. The molecule has 2 atom stereocenters. The summed E-state index contributed by atoms with van der Waals surface area (Å²) in [5, 5.41) is 3.02. The van der Waals surface area contributed by atoms with E-state index >= 15 is 0 Å². The number of aryl methyl sites for hydroxylation is 1. The number of amides is 1. The third kappa shape index (κ3) is 2.41. The van der Waals surface area contributed by atoms with E-state index in [2.05, 4.69) is 10.3 Å². The van der Waals surface area contributed by atoms with Gasteiger partial charge in [-0.1, -0.05) is 12.8 Å². The number of carbonyl (C=O) groups excluding carboxylic acids is 1. The predicted molar refractivity (Wildman–Crippen MR) is 64.5 cm³/mol. The van der Waals surface area contributed by atoms with Gasteiger partial charge in [-0.3, -0.25) is 4.79 Å². The first-order valence-corrected chi connectivity index (χ1v) is 6.53. The van der Waals surface area contributed by atoms with Gasteiger partial charge >= 0.3 is 0 Å². The summed E-state index contributed by atoms with van der Waals surface area (Å²) in [6.45, 7) is 1.85. The van der Waals surface area contributed by atoms with Crippen LogP contribution in [0.5, 0.6) is 0 Å². The van der Waals surface area contributed by atoms with Crippen molar-refractivity contribution < 1.29 is 4.79 Å². The molecule has 0 saturated heterocycles. The van der Waals surface area contributed by atoms with Crippen LogP contribution in [0, 0.1) is 6.92 Å². The maximum absolute atomic E-state index is 11.9. The summed E-state index contributed by atoms with van der Waals surface area (Å²) in [6, 6.07) is 0.230. The van der Waals surface area contributed by atoms with Crippen molar-refractivity contribution in [1.82, 2.24) is 10.3 Å². The zero-order valence-electron chi connectivity index (χ0n) is 9.40. The van der Waals surface area contributed by atoms with E-state index in [0.717, 1.165) is 25.0 Å². The molecule has 88 valence electrons. The summed E-state index contributed by atoms with van der Waals surface area (Å²) >= 11 is 1.38. The van der Waals surface area contributed by atoms with E-state index in [9.17, 15) is 4.79 Å². The van der Waals surface area contributed by atoms with Gasteiger partial charge in [-0.25, -0.2) is 4.98 Å². The van der Waals surface area contributed by atoms with E-state index in [1.165, 1.54) is 17.8 Å². The van der Waals surface area contributed by atoms with Gasteiger partial charge in [-0.2, -0.15) is 0 Å². The Morgan fingerprint density at radius 1 is 1.56 bits per heavy atom.